The number of aromatic nitrogens is 4. The smallest absolute Gasteiger partial charge is 0.340 e. The molecule has 8 heteroatoms. The van der Waals surface area contributed by atoms with Crippen LogP contribution in [0.4, 0.5) is 5.69 Å². The van der Waals surface area contributed by atoms with Gasteiger partial charge >= 0.3 is 5.97 Å². The Kier molecular flexibility index (Phi) is 5.21. The second-order valence-corrected chi connectivity index (χ2v) is 6.53. The van der Waals surface area contributed by atoms with Crippen LogP contribution in [0.2, 0.25) is 0 Å². The number of aryl methyl sites for hydroxylation is 1. The number of esters is 1. The van der Waals surface area contributed by atoms with Crippen LogP contribution in [0.5, 0.6) is 0 Å². The summed E-state index contributed by atoms with van der Waals surface area (Å²) in [6, 6.07) is 16.6. The lowest BCUT2D eigenvalue weighted by molar-refractivity contribution is 0.0527. The predicted molar refractivity (Wildman–Crippen MR) is 111 cm³/mol. The van der Waals surface area contributed by atoms with Crippen LogP contribution in [0, 0.1) is 6.92 Å². The maximum Gasteiger partial charge on any atom is 0.340 e. The molecule has 0 saturated heterocycles. The van der Waals surface area contributed by atoms with Gasteiger partial charge in [-0.1, -0.05) is 36.4 Å². The molecule has 4 rings (SSSR count). The van der Waals surface area contributed by atoms with Crippen molar-refractivity contribution >= 4 is 23.3 Å². The van der Waals surface area contributed by atoms with E-state index in [-0.39, 0.29) is 18.0 Å². The molecule has 30 heavy (non-hydrogen) atoms. The first kappa shape index (κ1) is 19.3. The van der Waals surface area contributed by atoms with Crippen LogP contribution >= 0.6 is 0 Å². The third-order valence-electron chi connectivity index (χ3n) is 4.50. The summed E-state index contributed by atoms with van der Waals surface area (Å²) in [4.78, 5) is 33.5. The maximum atomic E-state index is 12.8. The standard InChI is InChI=1S/C22H19N5O3/c1-3-30-21(29)17-13-16(15-7-5-4-6-8-15)9-10-18(17)24-20(28)19-25-22-23-12-11-14(2)27(22)26-19/h4-13H,3H2,1-2H3,(H,24,28). The molecule has 4 aromatic rings. The van der Waals surface area contributed by atoms with Gasteiger partial charge in [0.05, 0.1) is 17.9 Å². The number of nitrogens with zero attached hydrogens (tertiary/aromatic N) is 4. The summed E-state index contributed by atoms with van der Waals surface area (Å²) < 4.78 is 6.66. The molecule has 0 saturated carbocycles. The van der Waals surface area contributed by atoms with Gasteiger partial charge in [-0.25, -0.2) is 14.3 Å². The Labute approximate surface area is 172 Å². The molecule has 8 nitrogen and oxygen atoms in total. The lowest BCUT2D eigenvalue weighted by Gasteiger charge is -2.12. The van der Waals surface area contributed by atoms with Crippen molar-refractivity contribution in [1.82, 2.24) is 19.6 Å². The van der Waals surface area contributed by atoms with E-state index in [9.17, 15) is 9.59 Å². The second-order valence-electron chi connectivity index (χ2n) is 6.53. The number of ether oxygens (including phenoxy) is 1. The van der Waals surface area contributed by atoms with Crippen LogP contribution in [0.25, 0.3) is 16.9 Å². The highest BCUT2D eigenvalue weighted by Gasteiger charge is 2.20. The van der Waals surface area contributed by atoms with Crippen molar-refractivity contribution in [2.75, 3.05) is 11.9 Å². The summed E-state index contributed by atoms with van der Waals surface area (Å²) >= 11 is 0. The van der Waals surface area contributed by atoms with Crippen molar-refractivity contribution in [2.24, 2.45) is 0 Å². The molecule has 0 fully saturated rings. The highest BCUT2D eigenvalue weighted by atomic mass is 16.5. The summed E-state index contributed by atoms with van der Waals surface area (Å²) in [6.07, 6.45) is 1.60. The Morgan fingerprint density at radius 2 is 1.87 bits per heavy atom. The Morgan fingerprint density at radius 3 is 2.60 bits per heavy atom. The van der Waals surface area contributed by atoms with Gasteiger partial charge in [0.15, 0.2) is 0 Å². The number of hydrogen-bond donors (Lipinski definition) is 1. The van der Waals surface area contributed by atoms with E-state index in [2.05, 4.69) is 20.4 Å². The molecule has 150 valence electrons. The largest absolute Gasteiger partial charge is 0.462 e. The minimum Gasteiger partial charge on any atom is -0.462 e. The Balaban J connectivity index is 1.69. The number of hydrogen-bond acceptors (Lipinski definition) is 6. The number of benzene rings is 2. The molecule has 0 radical (unpaired) electrons. The molecule has 0 aliphatic rings. The van der Waals surface area contributed by atoms with E-state index in [0.717, 1.165) is 16.8 Å². The van der Waals surface area contributed by atoms with Gasteiger partial charge in [0.2, 0.25) is 5.82 Å². The van der Waals surface area contributed by atoms with E-state index in [1.807, 2.05) is 43.3 Å². The van der Waals surface area contributed by atoms with Crippen LogP contribution in [0.15, 0.2) is 60.8 Å². The van der Waals surface area contributed by atoms with Crippen molar-refractivity contribution in [1.29, 1.82) is 0 Å². The molecule has 0 aliphatic carbocycles. The molecule has 0 spiro atoms. The first-order valence-electron chi connectivity index (χ1n) is 9.43. The van der Waals surface area contributed by atoms with Gasteiger partial charge in [-0.15, -0.1) is 5.10 Å². The molecule has 2 aromatic heterocycles. The first-order chi connectivity index (χ1) is 14.6. The van der Waals surface area contributed by atoms with Gasteiger partial charge < -0.3 is 10.1 Å². The number of carbonyl (C=O) groups excluding carboxylic acids is 2. The zero-order valence-corrected chi connectivity index (χ0v) is 16.5. The van der Waals surface area contributed by atoms with Gasteiger partial charge in [0.1, 0.15) is 0 Å². The van der Waals surface area contributed by atoms with E-state index in [0.29, 0.717) is 11.5 Å². The second kappa shape index (κ2) is 8.12. The molecule has 0 atom stereocenters. The SMILES string of the molecule is CCOC(=O)c1cc(-c2ccccc2)ccc1NC(=O)c1nc2nccc(C)n2n1. The number of fused-ring (bicyclic) bond motifs is 1. The number of nitrogens with one attached hydrogen (secondary N) is 1. The Bertz CT molecular complexity index is 1230. The fraction of sp³-hybridized carbons (Fsp3) is 0.136. The minimum atomic E-state index is -0.544. The summed E-state index contributed by atoms with van der Waals surface area (Å²) in [7, 11) is 0. The molecule has 2 heterocycles. The minimum absolute atomic E-state index is 0.0428. The molecular weight excluding hydrogens is 382 g/mol. The number of rotatable bonds is 5. The van der Waals surface area contributed by atoms with Crippen molar-refractivity contribution in [3.05, 3.63) is 77.9 Å². The third kappa shape index (κ3) is 3.75. The normalized spacial score (nSPS) is 10.7. The quantitative estimate of drug-likeness (QED) is 0.514. The van der Waals surface area contributed by atoms with Gasteiger partial charge in [0.25, 0.3) is 11.7 Å². The predicted octanol–water partition coefficient (Wildman–Crippen LogP) is 3.53. The van der Waals surface area contributed by atoms with Crippen LogP contribution in [0.1, 0.15) is 33.6 Å². The van der Waals surface area contributed by atoms with E-state index in [1.54, 1.807) is 31.3 Å². The molecule has 2 aromatic carbocycles. The zero-order chi connectivity index (χ0) is 21.1. The molecule has 1 amide bonds. The first-order valence-corrected chi connectivity index (χ1v) is 9.43. The van der Waals surface area contributed by atoms with Crippen LogP contribution < -0.4 is 5.32 Å². The van der Waals surface area contributed by atoms with Crippen LogP contribution in [0.3, 0.4) is 0 Å². The molecule has 0 aliphatic heterocycles. The van der Waals surface area contributed by atoms with Crippen LogP contribution in [-0.2, 0) is 4.74 Å². The lowest BCUT2D eigenvalue weighted by atomic mass is 10.0. The average Bonchev–Trinajstić information content (AvgIpc) is 3.21. The monoisotopic (exact) mass is 401 g/mol. The van der Waals surface area contributed by atoms with Gasteiger partial charge in [-0.05, 0) is 43.2 Å². The fourth-order valence-corrected chi connectivity index (χ4v) is 3.02. The van der Waals surface area contributed by atoms with Crippen molar-refractivity contribution in [3.8, 4) is 11.1 Å². The number of amides is 1. The topological polar surface area (TPSA) is 98.5 Å². The molecule has 1 N–H and O–H groups in total. The highest BCUT2D eigenvalue weighted by Crippen LogP contribution is 2.26. The van der Waals surface area contributed by atoms with Crippen molar-refractivity contribution in [3.63, 3.8) is 0 Å². The number of carbonyl (C=O) groups is 2. The summed E-state index contributed by atoms with van der Waals surface area (Å²) in [5.74, 6) is -0.784. The third-order valence-corrected chi connectivity index (χ3v) is 4.50. The van der Waals surface area contributed by atoms with Crippen LogP contribution in [-0.4, -0.2) is 38.1 Å². The van der Waals surface area contributed by atoms with E-state index >= 15 is 0 Å². The van der Waals surface area contributed by atoms with E-state index < -0.39 is 11.9 Å². The van der Waals surface area contributed by atoms with Gasteiger partial charge in [0, 0.05) is 11.9 Å². The molecular formula is C22H19N5O3. The van der Waals surface area contributed by atoms with E-state index in [4.69, 9.17) is 4.74 Å². The Hall–Kier alpha value is -4.07. The lowest BCUT2D eigenvalue weighted by Crippen LogP contribution is -2.17. The summed E-state index contributed by atoms with van der Waals surface area (Å²) in [5, 5.41) is 6.92. The highest BCUT2D eigenvalue weighted by molar-refractivity contribution is 6.07. The van der Waals surface area contributed by atoms with Gasteiger partial charge in [-0.3, -0.25) is 4.79 Å². The Morgan fingerprint density at radius 1 is 1.07 bits per heavy atom. The van der Waals surface area contributed by atoms with E-state index in [1.165, 1.54) is 4.52 Å². The maximum absolute atomic E-state index is 12.8. The zero-order valence-electron chi connectivity index (χ0n) is 16.5. The van der Waals surface area contributed by atoms with Crippen molar-refractivity contribution in [2.45, 2.75) is 13.8 Å². The molecule has 0 bridgehead atoms. The number of anilines is 1. The summed E-state index contributed by atoms with van der Waals surface area (Å²) in [5.41, 5.74) is 3.16. The molecule has 0 unspecified atom stereocenters. The average molecular weight is 401 g/mol. The van der Waals surface area contributed by atoms with Gasteiger partial charge in [-0.2, -0.15) is 4.98 Å². The fourth-order valence-electron chi connectivity index (χ4n) is 3.02. The summed E-state index contributed by atoms with van der Waals surface area (Å²) in [6.45, 7) is 3.79. The van der Waals surface area contributed by atoms with Crippen molar-refractivity contribution < 1.29 is 14.3 Å².